The molecule has 2 spiro atoms. The number of carbonyl (C=O) groups is 2. The van der Waals surface area contributed by atoms with Gasteiger partial charge in [-0.2, -0.15) is 0 Å². The molecule has 3 heterocycles. The Labute approximate surface area is 294 Å². The summed E-state index contributed by atoms with van der Waals surface area (Å²) in [6.45, 7) is 15.1. The number of carboxylic acid groups (broad SMARTS) is 1. The molecule has 3 saturated heterocycles. The summed E-state index contributed by atoms with van der Waals surface area (Å²) in [6, 6.07) is 0. The zero-order valence-electron chi connectivity index (χ0n) is 30.6. The maximum atomic E-state index is 12.3. The van der Waals surface area contributed by atoms with Crippen LogP contribution in [0.2, 0.25) is 0 Å². The molecule has 3 aliphatic heterocycles. The lowest BCUT2D eigenvalue weighted by molar-refractivity contribution is -0.327. The van der Waals surface area contributed by atoms with Gasteiger partial charge in [0.05, 0.1) is 24.4 Å². The summed E-state index contributed by atoms with van der Waals surface area (Å²) in [7, 11) is 0. The Morgan fingerprint density at radius 3 is 2.26 bits per heavy atom. The standard InChI is InChI=1S/C38H58O12/c1-18-26-20(49-38(45)29(18)50-33(4,5)31(38)44)15-35(7)22-9-8-21-32(2,3)23(10-11-36(21)17-37(22,36)13-12-34(26,35)6)47-30-28(27(43)19(39)16-46-30)48-25(42)14-24(40)41/h18-23,26-31,39,43-45H,8-17H2,1-7H3,(H,40,41)/t18-,19+,20-,21?,22-,23-,26-,27-,28+,29+,30-,31+,34+,35-,36+,37-,38-/m0/s1. The molecule has 17 atom stereocenters. The number of rotatable bonds is 5. The summed E-state index contributed by atoms with van der Waals surface area (Å²) >= 11 is 0. The van der Waals surface area contributed by atoms with Crippen LogP contribution in [0, 0.1) is 50.7 Å². The minimum absolute atomic E-state index is 0.00136. The third kappa shape index (κ3) is 4.39. The van der Waals surface area contributed by atoms with Gasteiger partial charge in [-0.05, 0) is 116 Å². The first-order valence-electron chi connectivity index (χ1n) is 19.0. The molecule has 282 valence electrons. The molecule has 5 aliphatic carbocycles. The third-order valence-corrected chi connectivity index (χ3v) is 16.6. The molecule has 8 fully saturated rings. The molecule has 0 aromatic rings. The molecule has 5 N–H and O–H groups in total. The Morgan fingerprint density at radius 2 is 1.56 bits per heavy atom. The Bertz CT molecular complexity index is 1430. The highest BCUT2D eigenvalue weighted by Gasteiger charge is 2.84. The van der Waals surface area contributed by atoms with Crippen molar-refractivity contribution in [2.45, 2.75) is 167 Å². The number of aliphatic hydroxyl groups excluding tert-OH is 3. The zero-order valence-corrected chi connectivity index (χ0v) is 30.6. The first kappa shape index (κ1) is 35.6. The van der Waals surface area contributed by atoms with E-state index in [4.69, 9.17) is 28.8 Å². The van der Waals surface area contributed by atoms with Gasteiger partial charge in [-0.15, -0.1) is 0 Å². The highest BCUT2D eigenvalue weighted by molar-refractivity contribution is 5.90. The van der Waals surface area contributed by atoms with E-state index >= 15 is 0 Å². The van der Waals surface area contributed by atoms with Crippen LogP contribution in [0.4, 0.5) is 0 Å². The van der Waals surface area contributed by atoms with E-state index in [2.05, 4.69) is 34.6 Å². The first-order valence-corrected chi connectivity index (χ1v) is 19.0. The molecular formula is C38H58O12. The van der Waals surface area contributed by atoms with Crippen LogP contribution in [-0.4, -0.2) is 104 Å². The third-order valence-electron chi connectivity index (χ3n) is 16.6. The number of aliphatic carboxylic acids is 1. The van der Waals surface area contributed by atoms with Crippen LogP contribution in [0.3, 0.4) is 0 Å². The van der Waals surface area contributed by atoms with Gasteiger partial charge >= 0.3 is 11.9 Å². The first-order chi connectivity index (χ1) is 23.2. The molecule has 0 amide bonds. The quantitative estimate of drug-likeness (QED) is 0.160. The van der Waals surface area contributed by atoms with Crippen LogP contribution in [0.1, 0.15) is 106 Å². The summed E-state index contributed by atoms with van der Waals surface area (Å²) in [5.41, 5.74) is -0.772. The lowest BCUT2D eigenvalue weighted by Gasteiger charge is -2.63. The second-order valence-electron chi connectivity index (χ2n) is 19.3. The van der Waals surface area contributed by atoms with Crippen LogP contribution >= 0.6 is 0 Å². The predicted octanol–water partition coefficient (Wildman–Crippen LogP) is 3.15. The smallest absolute Gasteiger partial charge is 0.317 e. The molecule has 0 radical (unpaired) electrons. The van der Waals surface area contributed by atoms with Gasteiger partial charge in [0.1, 0.15) is 30.8 Å². The molecule has 50 heavy (non-hydrogen) atoms. The van der Waals surface area contributed by atoms with Crippen molar-refractivity contribution in [2.75, 3.05) is 6.61 Å². The van der Waals surface area contributed by atoms with Crippen molar-refractivity contribution in [3.8, 4) is 0 Å². The minimum Gasteiger partial charge on any atom is -0.481 e. The van der Waals surface area contributed by atoms with Crippen molar-refractivity contribution in [1.82, 2.24) is 0 Å². The Morgan fingerprint density at radius 1 is 0.880 bits per heavy atom. The lowest BCUT2D eigenvalue weighted by atomic mass is 9.41. The Balaban J connectivity index is 1.02. The molecule has 1 unspecified atom stereocenters. The van der Waals surface area contributed by atoms with E-state index in [0.717, 1.165) is 44.9 Å². The number of ether oxygens (including phenoxy) is 5. The number of fused-ring (bicyclic) bond motifs is 5. The minimum atomic E-state index is -1.72. The van der Waals surface area contributed by atoms with Gasteiger partial charge in [-0.3, -0.25) is 9.59 Å². The largest absolute Gasteiger partial charge is 0.481 e. The van der Waals surface area contributed by atoms with Crippen LogP contribution in [0.25, 0.3) is 0 Å². The number of hydrogen-bond acceptors (Lipinski definition) is 11. The lowest BCUT2D eigenvalue weighted by Crippen LogP contribution is -2.63. The molecular weight excluding hydrogens is 648 g/mol. The summed E-state index contributed by atoms with van der Waals surface area (Å²) in [5, 5.41) is 53.1. The number of hydrogen-bond donors (Lipinski definition) is 5. The fourth-order valence-corrected chi connectivity index (χ4v) is 14.4. The molecule has 12 nitrogen and oxygen atoms in total. The van der Waals surface area contributed by atoms with E-state index in [0.29, 0.717) is 11.8 Å². The average Bonchev–Trinajstić information content (AvgIpc) is 3.56. The molecule has 8 aliphatic rings. The number of aliphatic hydroxyl groups is 4. The number of esters is 1. The Kier molecular flexibility index (Phi) is 7.74. The van der Waals surface area contributed by atoms with E-state index in [1.54, 1.807) is 0 Å². The van der Waals surface area contributed by atoms with Crippen LogP contribution in [-0.2, 0) is 33.3 Å². The highest BCUT2D eigenvalue weighted by atomic mass is 16.7. The average molecular weight is 707 g/mol. The van der Waals surface area contributed by atoms with Crippen molar-refractivity contribution in [3.63, 3.8) is 0 Å². The summed E-state index contributed by atoms with van der Waals surface area (Å²) in [5.74, 6) is -2.96. The van der Waals surface area contributed by atoms with Crippen molar-refractivity contribution in [3.05, 3.63) is 0 Å². The van der Waals surface area contributed by atoms with E-state index in [9.17, 15) is 30.0 Å². The second kappa shape index (κ2) is 10.9. The fraction of sp³-hybridized carbons (Fsp3) is 0.947. The van der Waals surface area contributed by atoms with Crippen LogP contribution < -0.4 is 0 Å². The van der Waals surface area contributed by atoms with Gasteiger partial charge in [0.25, 0.3) is 0 Å². The van der Waals surface area contributed by atoms with Gasteiger partial charge in [-0.25, -0.2) is 0 Å². The maximum Gasteiger partial charge on any atom is 0.317 e. The van der Waals surface area contributed by atoms with E-state index in [-0.39, 0.29) is 57.7 Å². The summed E-state index contributed by atoms with van der Waals surface area (Å²) < 4.78 is 30.7. The number of carbonyl (C=O) groups excluding carboxylic acids is 1. The molecule has 5 saturated carbocycles. The van der Waals surface area contributed by atoms with Crippen LogP contribution in [0.5, 0.6) is 0 Å². The maximum absolute atomic E-state index is 12.3. The number of carboxylic acids is 1. The van der Waals surface area contributed by atoms with E-state index in [1.807, 2.05) is 13.8 Å². The summed E-state index contributed by atoms with van der Waals surface area (Å²) in [4.78, 5) is 23.4. The molecule has 0 aromatic heterocycles. The van der Waals surface area contributed by atoms with Crippen molar-refractivity contribution < 1.29 is 58.8 Å². The van der Waals surface area contributed by atoms with E-state index < -0.39 is 66.6 Å². The molecule has 0 aromatic carbocycles. The fourth-order valence-electron chi connectivity index (χ4n) is 14.4. The zero-order chi connectivity index (χ0) is 36.2. The van der Waals surface area contributed by atoms with E-state index in [1.165, 1.54) is 6.42 Å². The molecule has 0 bridgehead atoms. The van der Waals surface area contributed by atoms with Gasteiger partial charge < -0.3 is 49.2 Å². The van der Waals surface area contributed by atoms with Gasteiger partial charge in [0, 0.05) is 0 Å². The second-order valence-corrected chi connectivity index (χ2v) is 19.3. The van der Waals surface area contributed by atoms with Crippen molar-refractivity contribution in [1.29, 1.82) is 0 Å². The Hall–Kier alpha value is -1.38. The molecule has 12 heteroatoms. The van der Waals surface area contributed by atoms with Gasteiger partial charge in [-0.1, -0.05) is 34.6 Å². The normalized spacial score (nSPS) is 56.9. The predicted molar refractivity (Wildman–Crippen MR) is 175 cm³/mol. The highest BCUT2D eigenvalue weighted by Crippen LogP contribution is 2.89. The SMILES string of the molecule is C[C@H]1[C@H]2[C@H](C[C@@]3(C)[C@@H]4CCC5C(C)(C)[C@@H](O[C@@H]6OC[C@@H](O)[C@H](O)[C@H]6OC(=O)CC(=O)O)CC[C@@]56C[C@@]46CC[C@]23C)O[C@@]2(O)[C@@H]1OC(C)(C)[C@H]2O. The van der Waals surface area contributed by atoms with Crippen molar-refractivity contribution in [2.24, 2.45) is 50.7 Å². The van der Waals surface area contributed by atoms with Gasteiger partial charge in [0.2, 0.25) is 5.79 Å². The van der Waals surface area contributed by atoms with Crippen molar-refractivity contribution >= 4 is 11.9 Å². The van der Waals surface area contributed by atoms with Gasteiger partial charge in [0.15, 0.2) is 12.4 Å². The topological polar surface area (TPSA) is 181 Å². The monoisotopic (exact) mass is 706 g/mol. The van der Waals surface area contributed by atoms with Crippen LogP contribution in [0.15, 0.2) is 0 Å². The molecule has 8 rings (SSSR count). The summed E-state index contributed by atoms with van der Waals surface area (Å²) in [6.07, 6.45) is -0.0475.